The van der Waals surface area contributed by atoms with Gasteiger partial charge in [0.1, 0.15) is 12.4 Å². The van der Waals surface area contributed by atoms with E-state index < -0.39 is 6.10 Å². The minimum Gasteiger partial charge on any atom is -0.493 e. The van der Waals surface area contributed by atoms with Gasteiger partial charge in [0.15, 0.2) is 17.6 Å². The number of hydrogen-bond donors (Lipinski definition) is 1. The van der Waals surface area contributed by atoms with E-state index in [1.807, 2.05) is 55.5 Å². The molecule has 0 heterocycles. The lowest BCUT2D eigenvalue weighted by Gasteiger charge is -2.16. The number of amides is 1. The first-order valence-corrected chi connectivity index (χ1v) is 7.87. The number of hydrogen-bond acceptors (Lipinski definition) is 4. The lowest BCUT2D eigenvalue weighted by Crippen LogP contribution is -2.38. The molecule has 2 rings (SSSR count). The zero-order chi connectivity index (χ0) is 17.4. The first-order valence-electron chi connectivity index (χ1n) is 7.87. The van der Waals surface area contributed by atoms with Crippen LogP contribution in [0.25, 0.3) is 0 Å². The number of ether oxygens (including phenoxy) is 3. The molecule has 5 nitrogen and oxygen atoms in total. The number of rotatable bonds is 8. The van der Waals surface area contributed by atoms with Gasteiger partial charge in [0.25, 0.3) is 5.91 Å². The van der Waals surface area contributed by atoms with Crippen LogP contribution in [-0.2, 0) is 4.79 Å². The maximum Gasteiger partial charge on any atom is 0.260 e. The maximum atomic E-state index is 12.1. The normalized spacial score (nSPS) is 11.5. The van der Waals surface area contributed by atoms with Crippen LogP contribution < -0.4 is 19.5 Å². The third-order valence-electron chi connectivity index (χ3n) is 3.49. The van der Waals surface area contributed by atoms with E-state index in [-0.39, 0.29) is 5.91 Å². The maximum absolute atomic E-state index is 12.1. The molecule has 5 heteroatoms. The van der Waals surface area contributed by atoms with E-state index in [9.17, 15) is 4.79 Å². The van der Waals surface area contributed by atoms with Crippen LogP contribution in [0.15, 0.2) is 48.5 Å². The highest BCUT2D eigenvalue weighted by atomic mass is 16.5. The zero-order valence-electron chi connectivity index (χ0n) is 14.2. The second-order valence-corrected chi connectivity index (χ2v) is 5.32. The van der Waals surface area contributed by atoms with Crippen LogP contribution >= 0.6 is 0 Å². The topological polar surface area (TPSA) is 56.8 Å². The number of methoxy groups -OCH3 is 1. The molecule has 1 amide bonds. The van der Waals surface area contributed by atoms with Gasteiger partial charge in [-0.2, -0.15) is 0 Å². The summed E-state index contributed by atoms with van der Waals surface area (Å²) in [6, 6.07) is 15.0. The summed E-state index contributed by atoms with van der Waals surface area (Å²) in [5, 5.41) is 2.80. The highest BCUT2D eigenvalue weighted by Gasteiger charge is 2.15. The summed E-state index contributed by atoms with van der Waals surface area (Å²) in [5.74, 6) is 1.85. The van der Waals surface area contributed by atoms with Crippen molar-refractivity contribution in [1.82, 2.24) is 5.32 Å². The summed E-state index contributed by atoms with van der Waals surface area (Å²) in [5.41, 5.74) is 0.997. The molecule has 0 aliphatic heterocycles. The number of carbonyl (C=O) groups is 1. The van der Waals surface area contributed by atoms with Crippen LogP contribution in [0.5, 0.6) is 17.2 Å². The fourth-order valence-electron chi connectivity index (χ4n) is 2.15. The van der Waals surface area contributed by atoms with Gasteiger partial charge < -0.3 is 19.5 Å². The average Bonchev–Trinajstić information content (AvgIpc) is 2.60. The van der Waals surface area contributed by atoms with E-state index in [0.29, 0.717) is 30.4 Å². The number of aryl methyl sites for hydroxylation is 1. The van der Waals surface area contributed by atoms with Gasteiger partial charge in [-0.25, -0.2) is 0 Å². The number of nitrogens with one attached hydrogen (secondary N) is 1. The second kappa shape index (κ2) is 8.82. The Bertz CT molecular complexity index is 672. The van der Waals surface area contributed by atoms with Gasteiger partial charge in [-0.15, -0.1) is 0 Å². The summed E-state index contributed by atoms with van der Waals surface area (Å²) >= 11 is 0. The van der Waals surface area contributed by atoms with Gasteiger partial charge in [-0.3, -0.25) is 4.79 Å². The first-order chi connectivity index (χ1) is 11.6. The Morgan fingerprint density at radius 1 is 1.04 bits per heavy atom. The van der Waals surface area contributed by atoms with Crippen molar-refractivity contribution in [3.05, 3.63) is 54.1 Å². The molecule has 128 valence electrons. The fourth-order valence-corrected chi connectivity index (χ4v) is 2.15. The fraction of sp³-hybridized carbons (Fsp3) is 0.316. The second-order valence-electron chi connectivity index (χ2n) is 5.32. The van der Waals surface area contributed by atoms with E-state index in [1.165, 1.54) is 0 Å². The lowest BCUT2D eigenvalue weighted by molar-refractivity contribution is -0.127. The molecule has 0 bridgehead atoms. The van der Waals surface area contributed by atoms with E-state index in [1.54, 1.807) is 14.0 Å². The predicted octanol–water partition coefficient (Wildman–Crippen LogP) is 2.97. The molecular weight excluding hydrogens is 306 g/mol. The molecular formula is C19H23NO4. The standard InChI is InChI=1S/C19H23NO4/c1-14-8-4-5-9-16(14)24-15(2)19(21)20-12-13-23-18-11-7-6-10-17(18)22-3/h4-11,15H,12-13H2,1-3H3,(H,20,21)/t15-/m1/s1. The average molecular weight is 329 g/mol. The van der Waals surface area contributed by atoms with Gasteiger partial charge in [-0.05, 0) is 37.6 Å². The molecule has 0 aliphatic rings. The Hall–Kier alpha value is -2.69. The van der Waals surface area contributed by atoms with Gasteiger partial charge >= 0.3 is 0 Å². The Morgan fingerprint density at radius 2 is 1.67 bits per heavy atom. The predicted molar refractivity (Wildman–Crippen MR) is 92.8 cm³/mol. The van der Waals surface area contributed by atoms with Crippen molar-refractivity contribution in [3.63, 3.8) is 0 Å². The molecule has 2 aromatic rings. The Morgan fingerprint density at radius 3 is 2.33 bits per heavy atom. The lowest BCUT2D eigenvalue weighted by atomic mass is 10.2. The van der Waals surface area contributed by atoms with Crippen LogP contribution in [0, 0.1) is 6.92 Å². The van der Waals surface area contributed by atoms with Gasteiger partial charge in [0.05, 0.1) is 13.7 Å². The van der Waals surface area contributed by atoms with Crippen LogP contribution in [-0.4, -0.2) is 32.3 Å². The molecule has 1 N–H and O–H groups in total. The highest BCUT2D eigenvalue weighted by molar-refractivity contribution is 5.80. The molecule has 24 heavy (non-hydrogen) atoms. The molecule has 0 aromatic heterocycles. The van der Waals surface area contributed by atoms with Crippen LogP contribution in [0.1, 0.15) is 12.5 Å². The SMILES string of the molecule is COc1ccccc1OCCNC(=O)[C@@H](C)Oc1ccccc1C. The molecule has 0 saturated heterocycles. The third-order valence-corrected chi connectivity index (χ3v) is 3.49. The molecule has 0 aliphatic carbocycles. The summed E-state index contributed by atoms with van der Waals surface area (Å²) in [7, 11) is 1.59. The van der Waals surface area contributed by atoms with Crippen molar-refractivity contribution in [2.45, 2.75) is 20.0 Å². The monoisotopic (exact) mass is 329 g/mol. The summed E-state index contributed by atoms with van der Waals surface area (Å²) in [6.07, 6.45) is -0.572. The minimum absolute atomic E-state index is 0.179. The van der Waals surface area contributed by atoms with Crippen LogP contribution in [0.4, 0.5) is 0 Å². The zero-order valence-corrected chi connectivity index (χ0v) is 14.2. The van der Waals surface area contributed by atoms with E-state index in [0.717, 1.165) is 5.56 Å². The largest absolute Gasteiger partial charge is 0.493 e. The highest BCUT2D eigenvalue weighted by Crippen LogP contribution is 2.25. The number of benzene rings is 2. The number of para-hydroxylation sites is 3. The molecule has 1 atom stereocenters. The Labute approximate surface area is 142 Å². The van der Waals surface area contributed by atoms with Crippen LogP contribution in [0.3, 0.4) is 0 Å². The van der Waals surface area contributed by atoms with Gasteiger partial charge in [0.2, 0.25) is 0 Å². The Balaban J connectivity index is 1.75. The summed E-state index contributed by atoms with van der Waals surface area (Å²) in [4.78, 5) is 12.1. The van der Waals surface area contributed by atoms with Crippen molar-refractivity contribution >= 4 is 5.91 Å². The minimum atomic E-state index is -0.572. The quantitative estimate of drug-likeness (QED) is 0.757. The van der Waals surface area contributed by atoms with E-state index in [2.05, 4.69) is 5.32 Å². The van der Waals surface area contributed by atoms with Crippen molar-refractivity contribution < 1.29 is 19.0 Å². The molecule has 0 radical (unpaired) electrons. The van der Waals surface area contributed by atoms with Crippen molar-refractivity contribution in [1.29, 1.82) is 0 Å². The van der Waals surface area contributed by atoms with Crippen LogP contribution in [0.2, 0.25) is 0 Å². The van der Waals surface area contributed by atoms with Crippen molar-refractivity contribution in [2.24, 2.45) is 0 Å². The molecule has 2 aromatic carbocycles. The molecule has 0 spiro atoms. The molecule has 0 fully saturated rings. The van der Waals surface area contributed by atoms with Crippen molar-refractivity contribution in [2.75, 3.05) is 20.3 Å². The van der Waals surface area contributed by atoms with E-state index in [4.69, 9.17) is 14.2 Å². The number of carbonyl (C=O) groups excluding carboxylic acids is 1. The van der Waals surface area contributed by atoms with Gasteiger partial charge in [0, 0.05) is 0 Å². The summed E-state index contributed by atoms with van der Waals surface area (Å²) in [6.45, 7) is 4.41. The van der Waals surface area contributed by atoms with Gasteiger partial charge in [-0.1, -0.05) is 30.3 Å². The molecule has 0 unspecified atom stereocenters. The van der Waals surface area contributed by atoms with Crippen molar-refractivity contribution in [3.8, 4) is 17.2 Å². The summed E-state index contributed by atoms with van der Waals surface area (Å²) < 4.78 is 16.5. The Kier molecular flexibility index (Phi) is 6.49. The molecule has 0 saturated carbocycles. The van der Waals surface area contributed by atoms with E-state index >= 15 is 0 Å². The first kappa shape index (κ1) is 17.7. The smallest absolute Gasteiger partial charge is 0.260 e. The third kappa shape index (κ3) is 4.91.